The van der Waals surface area contributed by atoms with Gasteiger partial charge in [-0.2, -0.15) is 0 Å². The van der Waals surface area contributed by atoms with E-state index in [0.717, 1.165) is 22.1 Å². The number of fused-ring (bicyclic) bond motifs is 1. The number of cyclic esters (lactones) is 1. The van der Waals surface area contributed by atoms with Crippen molar-refractivity contribution in [2.75, 3.05) is 7.11 Å². The first-order valence-electron chi connectivity index (χ1n) is 10.3. The van der Waals surface area contributed by atoms with Crippen molar-refractivity contribution in [3.05, 3.63) is 71.2 Å². The standard InChI is InChI=1S/C25H23FN2O4/c1-13(2)17(12-21-23(29)28-25(30)32-21)19-10-14(3)22(27-24(19)31-4)16-9-8-15-6-5-7-20(26)18(15)11-16/h5-13,17H,1-4H3,(H,28,29,30)/b21-12+. The number of carbonyl (C=O) groups excluding carboxylic acids is 2. The zero-order valence-corrected chi connectivity index (χ0v) is 18.2. The number of nitrogens with one attached hydrogen (secondary N) is 1. The Bertz CT molecular complexity index is 1270. The molecule has 6 nitrogen and oxygen atoms in total. The molecule has 1 fully saturated rings. The van der Waals surface area contributed by atoms with Crippen molar-refractivity contribution in [1.82, 2.24) is 10.3 Å². The molecule has 7 heteroatoms. The number of benzene rings is 2. The SMILES string of the molecule is COc1nc(-c2ccc3cccc(F)c3c2)c(C)cc1C(/C=C1/OC(=O)NC1=O)C(C)C. The van der Waals surface area contributed by atoms with Gasteiger partial charge in [-0.3, -0.25) is 10.1 Å². The summed E-state index contributed by atoms with van der Waals surface area (Å²) >= 11 is 0. The molecule has 1 N–H and O–H groups in total. The van der Waals surface area contributed by atoms with Gasteiger partial charge in [-0.05, 0) is 48.1 Å². The molecular weight excluding hydrogens is 411 g/mol. The Morgan fingerprint density at radius 1 is 1.16 bits per heavy atom. The van der Waals surface area contributed by atoms with Crippen molar-refractivity contribution < 1.29 is 23.5 Å². The van der Waals surface area contributed by atoms with Gasteiger partial charge < -0.3 is 9.47 Å². The van der Waals surface area contributed by atoms with Crippen LogP contribution in [-0.4, -0.2) is 24.1 Å². The highest BCUT2D eigenvalue weighted by Gasteiger charge is 2.30. The Balaban J connectivity index is 1.81. The third-order valence-electron chi connectivity index (χ3n) is 5.55. The van der Waals surface area contributed by atoms with Gasteiger partial charge >= 0.3 is 6.09 Å². The number of rotatable bonds is 5. The summed E-state index contributed by atoms with van der Waals surface area (Å²) in [6.45, 7) is 5.90. The summed E-state index contributed by atoms with van der Waals surface area (Å²) in [7, 11) is 1.53. The Morgan fingerprint density at radius 2 is 1.94 bits per heavy atom. The Hall–Kier alpha value is -3.74. The van der Waals surface area contributed by atoms with E-state index in [2.05, 4.69) is 5.32 Å². The fourth-order valence-corrected chi connectivity index (χ4v) is 3.93. The molecular formula is C25H23FN2O4. The second-order valence-electron chi connectivity index (χ2n) is 8.07. The van der Waals surface area contributed by atoms with E-state index in [9.17, 15) is 14.0 Å². The Labute approximate surface area is 185 Å². The lowest BCUT2D eigenvalue weighted by molar-refractivity contribution is -0.116. The molecule has 0 aliphatic carbocycles. The molecule has 1 atom stereocenters. The van der Waals surface area contributed by atoms with Gasteiger partial charge in [-0.1, -0.05) is 38.1 Å². The molecule has 0 bridgehead atoms. The number of imide groups is 1. The first-order chi connectivity index (χ1) is 15.3. The first kappa shape index (κ1) is 21.5. The number of nitrogens with zero attached hydrogens (tertiary/aromatic N) is 1. The van der Waals surface area contributed by atoms with Gasteiger partial charge in [0, 0.05) is 22.4 Å². The van der Waals surface area contributed by atoms with Crippen molar-refractivity contribution in [1.29, 1.82) is 0 Å². The number of alkyl carbamates (subject to hydrolysis) is 1. The predicted octanol–water partition coefficient (Wildman–Crippen LogP) is 5.25. The summed E-state index contributed by atoms with van der Waals surface area (Å²) in [4.78, 5) is 28.1. The molecule has 1 saturated heterocycles. The number of amides is 2. The van der Waals surface area contributed by atoms with Crippen LogP contribution in [0.4, 0.5) is 9.18 Å². The molecule has 1 aliphatic rings. The molecule has 4 rings (SSSR count). The van der Waals surface area contributed by atoms with Gasteiger partial charge in [0.1, 0.15) is 5.82 Å². The fourth-order valence-electron chi connectivity index (χ4n) is 3.93. The third-order valence-corrected chi connectivity index (χ3v) is 5.55. The van der Waals surface area contributed by atoms with Crippen molar-refractivity contribution in [2.24, 2.45) is 5.92 Å². The second kappa shape index (κ2) is 8.42. The molecule has 3 aromatic rings. The summed E-state index contributed by atoms with van der Waals surface area (Å²) in [5, 5.41) is 3.44. The summed E-state index contributed by atoms with van der Waals surface area (Å²) in [6, 6.07) is 12.5. The number of aryl methyl sites for hydroxylation is 1. The number of halogens is 1. The lowest BCUT2D eigenvalue weighted by Crippen LogP contribution is -2.19. The normalized spacial score (nSPS) is 15.9. The minimum absolute atomic E-state index is 0.0394. The number of methoxy groups -OCH3 is 1. The van der Waals surface area contributed by atoms with E-state index in [1.165, 1.54) is 13.2 Å². The topological polar surface area (TPSA) is 77.5 Å². The summed E-state index contributed by atoms with van der Waals surface area (Å²) in [5.74, 6) is -0.737. The summed E-state index contributed by atoms with van der Waals surface area (Å²) in [5.41, 5.74) is 3.08. The van der Waals surface area contributed by atoms with Crippen molar-refractivity contribution in [2.45, 2.75) is 26.7 Å². The summed E-state index contributed by atoms with van der Waals surface area (Å²) in [6.07, 6.45) is 0.832. The monoisotopic (exact) mass is 434 g/mol. The van der Waals surface area contributed by atoms with Crippen LogP contribution in [0.5, 0.6) is 5.88 Å². The van der Waals surface area contributed by atoms with Crippen LogP contribution in [0.1, 0.15) is 30.9 Å². The van der Waals surface area contributed by atoms with Crippen LogP contribution in [-0.2, 0) is 9.53 Å². The average Bonchev–Trinajstić information content (AvgIpc) is 3.08. The van der Waals surface area contributed by atoms with E-state index in [0.29, 0.717) is 17.0 Å². The number of ether oxygens (including phenoxy) is 2. The number of hydrogen-bond donors (Lipinski definition) is 1. The number of hydrogen-bond acceptors (Lipinski definition) is 5. The molecule has 0 saturated carbocycles. The van der Waals surface area contributed by atoms with Crippen LogP contribution in [0.15, 0.2) is 54.3 Å². The summed E-state index contributed by atoms with van der Waals surface area (Å²) < 4.78 is 24.9. The van der Waals surface area contributed by atoms with Crippen LogP contribution in [0.3, 0.4) is 0 Å². The van der Waals surface area contributed by atoms with Crippen LogP contribution < -0.4 is 10.1 Å². The zero-order chi connectivity index (χ0) is 23.0. The molecule has 32 heavy (non-hydrogen) atoms. The average molecular weight is 434 g/mol. The van der Waals surface area contributed by atoms with E-state index < -0.39 is 12.0 Å². The van der Waals surface area contributed by atoms with Crippen LogP contribution in [0.25, 0.3) is 22.0 Å². The van der Waals surface area contributed by atoms with Crippen LogP contribution in [0.2, 0.25) is 0 Å². The number of pyridine rings is 1. The maximum Gasteiger partial charge on any atom is 0.419 e. The highest BCUT2D eigenvalue weighted by Crippen LogP contribution is 2.37. The van der Waals surface area contributed by atoms with Gasteiger partial charge in [-0.15, -0.1) is 0 Å². The third kappa shape index (κ3) is 3.93. The van der Waals surface area contributed by atoms with Crippen molar-refractivity contribution in [3.8, 4) is 17.1 Å². The van der Waals surface area contributed by atoms with E-state index in [1.54, 1.807) is 18.2 Å². The van der Waals surface area contributed by atoms with Crippen LogP contribution >= 0.6 is 0 Å². The van der Waals surface area contributed by atoms with Gasteiger partial charge in [0.2, 0.25) is 5.88 Å². The lowest BCUT2D eigenvalue weighted by atomic mass is 9.87. The number of aromatic nitrogens is 1. The van der Waals surface area contributed by atoms with Gasteiger partial charge in [0.05, 0.1) is 12.8 Å². The lowest BCUT2D eigenvalue weighted by Gasteiger charge is -2.21. The highest BCUT2D eigenvalue weighted by atomic mass is 19.1. The smallest absolute Gasteiger partial charge is 0.419 e. The molecule has 1 aromatic heterocycles. The minimum atomic E-state index is -0.788. The number of carbonyl (C=O) groups is 2. The maximum atomic E-state index is 14.3. The molecule has 164 valence electrons. The van der Waals surface area contributed by atoms with Gasteiger partial charge in [0.25, 0.3) is 5.91 Å². The largest absolute Gasteiger partial charge is 0.481 e. The van der Waals surface area contributed by atoms with Crippen molar-refractivity contribution in [3.63, 3.8) is 0 Å². The van der Waals surface area contributed by atoms with E-state index in [1.807, 2.05) is 45.0 Å². The van der Waals surface area contributed by atoms with Gasteiger partial charge in [-0.25, -0.2) is 14.2 Å². The Kier molecular flexibility index (Phi) is 5.65. The van der Waals surface area contributed by atoms with E-state index in [4.69, 9.17) is 14.5 Å². The van der Waals surface area contributed by atoms with E-state index in [-0.39, 0.29) is 23.4 Å². The maximum absolute atomic E-state index is 14.3. The molecule has 0 spiro atoms. The zero-order valence-electron chi connectivity index (χ0n) is 18.2. The molecule has 1 aliphatic heterocycles. The molecule has 0 radical (unpaired) electrons. The minimum Gasteiger partial charge on any atom is -0.481 e. The fraction of sp³-hybridized carbons (Fsp3) is 0.240. The van der Waals surface area contributed by atoms with E-state index >= 15 is 0 Å². The quantitative estimate of drug-likeness (QED) is 0.555. The first-order valence-corrected chi connectivity index (χ1v) is 10.3. The molecule has 2 amide bonds. The number of allylic oxidation sites excluding steroid dienone is 1. The van der Waals surface area contributed by atoms with Gasteiger partial charge in [0.15, 0.2) is 5.76 Å². The molecule has 2 heterocycles. The highest BCUT2D eigenvalue weighted by molar-refractivity contribution is 6.07. The van der Waals surface area contributed by atoms with Crippen molar-refractivity contribution >= 4 is 22.8 Å². The molecule has 2 aromatic carbocycles. The molecule has 1 unspecified atom stereocenters. The Morgan fingerprint density at radius 3 is 2.59 bits per heavy atom. The predicted molar refractivity (Wildman–Crippen MR) is 119 cm³/mol. The second-order valence-corrected chi connectivity index (χ2v) is 8.07. The van der Waals surface area contributed by atoms with Crippen LogP contribution in [0, 0.1) is 18.7 Å².